The topological polar surface area (TPSA) is 55.2 Å². The van der Waals surface area contributed by atoms with Gasteiger partial charge < -0.3 is 9.84 Å². The number of aliphatic hydroxyl groups excluding tert-OH is 1. The van der Waals surface area contributed by atoms with Gasteiger partial charge in [0.1, 0.15) is 6.61 Å². The molecule has 12 heavy (non-hydrogen) atoms. The maximum Gasteiger partial charge on any atom is 0.217 e. The molecule has 0 aliphatic carbocycles. The Labute approximate surface area is 70.2 Å². The van der Waals surface area contributed by atoms with E-state index in [9.17, 15) is 0 Å². The summed E-state index contributed by atoms with van der Waals surface area (Å²) in [4.78, 5) is 7.76. The van der Waals surface area contributed by atoms with Crippen LogP contribution in [0.25, 0.3) is 0 Å². The summed E-state index contributed by atoms with van der Waals surface area (Å²) in [5, 5.41) is 8.39. The molecule has 0 radical (unpaired) electrons. The van der Waals surface area contributed by atoms with Gasteiger partial charge in [-0.1, -0.05) is 5.92 Å². The minimum Gasteiger partial charge on any atom is -0.481 e. The molecule has 0 saturated heterocycles. The van der Waals surface area contributed by atoms with Crippen molar-refractivity contribution in [2.45, 2.75) is 0 Å². The Bertz CT molecular complexity index is 314. The Hall–Kier alpha value is -1.60. The zero-order valence-corrected chi connectivity index (χ0v) is 6.61. The fraction of sp³-hybridized carbons (Fsp3) is 0.250. The SMILES string of the molecule is COc1ccnc(C#CCO)n1. The van der Waals surface area contributed by atoms with E-state index in [4.69, 9.17) is 9.84 Å². The molecule has 0 amide bonds. The molecular weight excluding hydrogens is 156 g/mol. The van der Waals surface area contributed by atoms with Crippen molar-refractivity contribution in [2.75, 3.05) is 13.7 Å². The van der Waals surface area contributed by atoms with Crippen LogP contribution in [0.5, 0.6) is 5.88 Å². The molecule has 0 spiro atoms. The van der Waals surface area contributed by atoms with Gasteiger partial charge in [-0.05, 0) is 5.92 Å². The molecule has 1 heterocycles. The molecule has 0 aromatic carbocycles. The van der Waals surface area contributed by atoms with Crippen molar-refractivity contribution in [3.05, 3.63) is 18.1 Å². The van der Waals surface area contributed by atoms with Crippen molar-refractivity contribution in [1.82, 2.24) is 9.97 Å². The lowest BCUT2D eigenvalue weighted by molar-refractivity contribution is 0.350. The number of hydrogen-bond acceptors (Lipinski definition) is 4. The zero-order valence-electron chi connectivity index (χ0n) is 6.61. The summed E-state index contributed by atoms with van der Waals surface area (Å²) < 4.78 is 4.85. The van der Waals surface area contributed by atoms with E-state index in [0.717, 1.165) is 0 Å². The first kappa shape index (κ1) is 8.50. The highest BCUT2D eigenvalue weighted by Crippen LogP contribution is 2.01. The Morgan fingerprint density at radius 2 is 2.50 bits per heavy atom. The second-order valence-corrected chi connectivity index (χ2v) is 1.88. The van der Waals surface area contributed by atoms with E-state index in [1.165, 1.54) is 7.11 Å². The molecular formula is C8H8N2O2. The number of rotatable bonds is 1. The normalized spacial score (nSPS) is 8.50. The van der Waals surface area contributed by atoms with Crippen molar-refractivity contribution < 1.29 is 9.84 Å². The minimum absolute atomic E-state index is 0.194. The monoisotopic (exact) mass is 164 g/mol. The molecule has 62 valence electrons. The average molecular weight is 164 g/mol. The molecule has 0 bridgehead atoms. The van der Waals surface area contributed by atoms with Gasteiger partial charge in [-0.15, -0.1) is 0 Å². The number of aromatic nitrogens is 2. The first-order valence-electron chi connectivity index (χ1n) is 3.33. The van der Waals surface area contributed by atoms with Crippen LogP contribution in [0.1, 0.15) is 5.82 Å². The van der Waals surface area contributed by atoms with Crippen LogP contribution in [0.4, 0.5) is 0 Å². The summed E-state index contributed by atoms with van der Waals surface area (Å²) in [7, 11) is 1.52. The lowest BCUT2D eigenvalue weighted by Crippen LogP contribution is -1.92. The maximum atomic E-state index is 8.39. The van der Waals surface area contributed by atoms with Gasteiger partial charge in [0.2, 0.25) is 11.7 Å². The van der Waals surface area contributed by atoms with Gasteiger partial charge in [-0.3, -0.25) is 0 Å². The average Bonchev–Trinajstić information content (AvgIpc) is 2.15. The summed E-state index contributed by atoms with van der Waals surface area (Å²) in [6, 6.07) is 1.63. The standard InChI is InChI=1S/C8H8N2O2/c1-12-8-4-5-9-7(10-8)3-2-6-11/h4-5,11H,6H2,1H3. The van der Waals surface area contributed by atoms with Gasteiger partial charge in [-0.25, -0.2) is 4.98 Å². The second-order valence-electron chi connectivity index (χ2n) is 1.88. The summed E-state index contributed by atoms with van der Waals surface area (Å²) >= 11 is 0. The van der Waals surface area contributed by atoms with Gasteiger partial charge in [0.25, 0.3) is 0 Å². The van der Waals surface area contributed by atoms with Gasteiger partial charge in [0, 0.05) is 12.3 Å². The summed E-state index contributed by atoms with van der Waals surface area (Å²) in [6.07, 6.45) is 1.55. The van der Waals surface area contributed by atoms with Crippen LogP contribution in [0, 0.1) is 11.8 Å². The van der Waals surface area contributed by atoms with E-state index in [-0.39, 0.29) is 6.61 Å². The number of methoxy groups -OCH3 is 1. The van der Waals surface area contributed by atoms with Crippen LogP contribution >= 0.6 is 0 Å². The van der Waals surface area contributed by atoms with Gasteiger partial charge in [0.05, 0.1) is 7.11 Å². The van der Waals surface area contributed by atoms with E-state index < -0.39 is 0 Å². The summed E-state index contributed by atoms with van der Waals surface area (Å²) in [5.41, 5.74) is 0. The van der Waals surface area contributed by atoms with Crippen LogP contribution in [0.3, 0.4) is 0 Å². The van der Waals surface area contributed by atoms with E-state index in [0.29, 0.717) is 11.7 Å². The molecule has 0 saturated carbocycles. The lowest BCUT2D eigenvalue weighted by Gasteiger charge is -1.95. The number of ether oxygens (including phenoxy) is 1. The third-order valence-corrected chi connectivity index (χ3v) is 1.12. The van der Waals surface area contributed by atoms with Crippen LogP contribution in [-0.2, 0) is 0 Å². The second kappa shape index (κ2) is 4.31. The number of aliphatic hydroxyl groups is 1. The Morgan fingerprint density at radius 3 is 3.17 bits per heavy atom. The molecule has 1 N–H and O–H groups in total. The molecule has 0 aliphatic rings. The fourth-order valence-corrected chi connectivity index (χ4v) is 0.635. The Balaban J connectivity index is 2.86. The van der Waals surface area contributed by atoms with Crippen molar-refractivity contribution >= 4 is 0 Å². The molecule has 0 aliphatic heterocycles. The first-order chi connectivity index (χ1) is 5.86. The van der Waals surface area contributed by atoms with E-state index in [1.807, 2.05) is 0 Å². The van der Waals surface area contributed by atoms with E-state index in [1.54, 1.807) is 12.3 Å². The molecule has 4 heteroatoms. The van der Waals surface area contributed by atoms with Gasteiger partial charge in [-0.2, -0.15) is 4.98 Å². The largest absolute Gasteiger partial charge is 0.481 e. The Kier molecular flexibility index (Phi) is 3.05. The highest BCUT2D eigenvalue weighted by atomic mass is 16.5. The van der Waals surface area contributed by atoms with E-state index in [2.05, 4.69) is 21.8 Å². The van der Waals surface area contributed by atoms with Crippen molar-refractivity contribution in [1.29, 1.82) is 0 Å². The lowest BCUT2D eigenvalue weighted by atomic mass is 10.5. The van der Waals surface area contributed by atoms with Crippen molar-refractivity contribution in [3.8, 4) is 17.7 Å². The molecule has 4 nitrogen and oxygen atoms in total. The molecule has 0 unspecified atom stereocenters. The molecule has 0 fully saturated rings. The van der Waals surface area contributed by atoms with Gasteiger partial charge in [0.15, 0.2) is 0 Å². The highest BCUT2D eigenvalue weighted by molar-refractivity contribution is 5.23. The molecule has 1 aromatic heterocycles. The number of nitrogens with zero attached hydrogens (tertiary/aromatic N) is 2. The third-order valence-electron chi connectivity index (χ3n) is 1.12. The van der Waals surface area contributed by atoms with Gasteiger partial charge >= 0.3 is 0 Å². The summed E-state index contributed by atoms with van der Waals surface area (Å²) in [5.74, 6) is 5.82. The molecule has 0 atom stereocenters. The predicted octanol–water partition coefficient (Wildman–Crippen LogP) is -0.171. The van der Waals surface area contributed by atoms with Crippen LogP contribution in [-0.4, -0.2) is 28.8 Å². The fourth-order valence-electron chi connectivity index (χ4n) is 0.635. The van der Waals surface area contributed by atoms with E-state index >= 15 is 0 Å². The van der Waals surface area contributed by atoms with Crippen LogP contribution < -0.4 is 4.74 Å². The van der Waals surface area contributed by atoms with Crippen molar-refractivity contribution in [2.24, 2.45) is 0 Å². The highest BCUT2D eigenvalue weighted by Gasteiger charge is 1.93. The smallest absolute Gasteiger partial charge is 0.217 e. The predicted molar refractivity (Wildman–Crippen MR) is 42.5 cm³/mol. The maximum absolute atomic E-state index is 8.39. The zero-order chi connectivity index (χ0) is 8.81. The summed E-state index contributed by atoms with van der Waals surface area (Å²) in [6.45, 7) is -0.194. The first-order valence-corrected chi connectivity index (χ1v) is 3.33. The minimum atomic E-state index is -0.194. The Morgan fingerprint density at radius 1 is 1.67 bits per heavy atom. The quantitative estimate of drug-likeness (QED) is 0.585. The van der Waals surface area contributed by atoms with Crippen molar-refractivity contribution in [3.63, 3.8) is 0 Å². The van der Waals surface area contributed by atoms with Crippen LogP contribution in [0.15, 0.2) is 12.3 Å². The van der Waals surface area contributed by atoms with Crippen LogP contribution in [0.2, 0.25) is 0 Å². The third kappa shape index (κ3) is 2.22. The molecule has 1 rings (SSSR count). The number of hydrogen-bond donors (Lipinski definition) is 1. The molecule has 1 aromatic rings.